The van der Waals surface area contributed by atoms with Crippen molar-refractivity contribution in [2.75, 3.05) is 19.6 Å². The number of hydrogen-bond acceptors (Lipinski definition) is 4. The molecule has 0 aromatic carbocycles. The third-order valence-electron chi connectivity index (χ3n) is 4.96. The van der Waals surface area contributed by atoms with Crippen LogP contribution in [-0.2, 0) is 11.3 Å². The van der Waals surface area contributed by atoms with Crippen LogP contribution < -0.4 is 0 Å². The van der Waals surface area contributed by atoms with E-state index < -0.39 is 6.10 Å². The van der Waals surface area contributed by atoms with Gasteiger partial charge in [-0.15, -0.1) is 0 Å². The predicted octanol–water partition coefficient (Wildman–Crippen LogP) is 0.719. The number of hydrogen-bond donors (Lipinski definition) is 1. The average Bonchev–Trinajstić information content (AvgIpc) is 3.17. The second-order valence-corrected chi connectivity index (χ2v) is 6.51. The summed E-state index contributed by atoms with van der Waals surface area (Å²) < 4.78 is 1.77. The molecule has 2 aliphatic heterocycles. The van der Waals surface area contributed by atoms with E-state index in [1.807, 2.05) is 17.2 Å². The minimum absolute atomic E-state index is 0.187. The van der Waals surface area contributed by atoms with Crippen LogP contribution in [0.1, 0.15) is 32.6 Å². The van der Waals surface area contributed by atoms with Crippen molar-refractivity contribution >= 4 is 5.91 Å². The molecule has 1 aromatic rings. The Morgan fingerprint density at radius 1 is 1.27 bits per heavy atom. The number of carbonyl (C=O) groups is 1. The third-order valence-corrected chi connectivity index (χ3v) is 4.96. The van der Waals surface area contributed by atoms with Crippen LogP contribution in [0.15, 0.2) is 18.5 Å². The molecule has 0 bridgehead atoms. The van der Waals surface area contributed by atoms with Crippen LogP contribution in [0.4, 0.5) is 0 Å². The molecule has 0 unspecified atom stereocenters. The summed E-state index contributed by atoms with van der Waals surface area (Å²) in [6.07, 6.45) is 7.66. The molecule has 3 heterocycles. The number of aliphatic hydroxyl groups excluding tert-OH is 1. The maximum atomic E-state index is 11.8. The van der Waals surface area contributed by atoms with Gasteiger partial charge in [-0.2, -0.15) is 5.10 Å². The number of β-amino-alcohol motifs (C(OH)–C–C–N with tert-alkyl or cyclic N) is 1. The summed E-state index contributed by atoms with van der Waals surface area (Å²) in [7, 11) is 0. The minimum Gasteiger partial charge on any atom is -0.390 e. The van der Waals surface area contributed by atoms with Crippen molar-refractivity contribution in [2.45, 2.75) is 57.3 Å². The molecule has 2 aliphatic rings. The summed E-state index contributed by atoms with van der Waals surface area (Å²) in [4.78, 5) is 16.2. The lowest BCUT2D eigenvalue weighted by atomic mass is 10.0. The molecule has 2 saturated heterocycles. The van der Waals surface area contributed by atoms with E-state index in [1.54, 1.807) is 17.8 Å². The highest BCUT2D eigenvalue weighted by Gasteiger charge is 2.39. The molecule has 122 valence electrons. The second kappa shape index (κ2) is 6.79. The first-order valence-corrected chi connectivity index (χ1v) is 8.32. The highest BCUT2D eigenvalue weighted by atomic mass is 16.3. The summed E-state index contributed by atoms with van der Waals surface area (Å²) in [6, 6.07) is 2.60. The van der Waals surface area contributed by atoms with E-state index in [1.165, 1.54) is 0 Å². The van der Waals surface area contributed by atoms with E-state index in [0.717, 1.165) is 38.8 Å². The van der Waals surface area contributed by atoms with E-state index in [-0.39, 0.29) is 5.91 Å². The number of carbonyl (C=O) groups excluding carboxylic acids is 1. The molecule has 0 aliphatic carbocycles. The number of nitrogens with zero attached hydrogens (tertiary/aromatic N) is 4. The molecule has 1 N–H and O–H groups in total. The van der Waals surface area contributed by atoms with E-state index in [0.29, 0.717) is 25.2 Å². The van der Waals surface area contributed by atoms with Crippen molar-refractivity contribution in [3.05, 3.63) is 18.5 Å². The van der Waals surface area contributed by atoms with E-state index >= 15 is 0 Å². The lowest BCUT2D eigenvalue weighted by Crippen LogP contribution is -2.49. The molecular weight excluding hydrogens is 280 g/mol. The van der Waals surface area contributed by atoms with Gasteiger partial charge in [0, 0.05) is 44.5 Å². The molecule has 0 saturated carbocycles. The zero-order chi connectivity index (χ0) is 15.5. The Morgan fingerprint density at radius 2 is 2.05 bits per heavy atom. The molecule has 0 spiro atoms. The van der Waals surface area contributed by atoms with Gasteiger partial charge in [0.1, 0.15) is 0 Å². The maximum Gasteiger partial charge on any atom is 0.219 e. The van der Waals surface area contributed by atoms with Gasteiger partial charge in [0.15, 0.2) is 0 Å². The van der Waals surface area contributed by atoms with Crippen molar-refractivity contribution < 1.29 is 9.90 Å². The Bertz CT molecular complexity index is 490. The average molecular weight is 306 g/mol. The van der Waals surface area contributed by atoms with Crippen molar-refractivity contribution in [3.63, 3.8) is 0 Å². The Kier molecular flexibility index (Phi) is 4.78. The molecule has 3 rings (SSSR count). The Hall–Kier alpha value is -1.40. The quantitative estimate of drug-likeness (QED) is 0.871. The SMILES string of the molecule is CC(=O)N1CCC[C@@H]1[C@@H]1CCCN1C[C@H](O)Cn1cccn1. The highest BCUT2D eigenvalue weighted by molar-refractivity contribution is 5.74. The monoisotopic (exact) mass is 306 g/mol. The standard InChI is InChI=1S/C16H26N4O2/c1-13(21)20-10-3-6-16(20)15-5-2-8-18(15)11-14(22)12-19-9-4-7-17-19/h4,7,9,14-16,22H,2-3,5-6,8,10-12H2,1H3/t14-,15-,16+/m0/s1. The normalized spacial score (nSPS) is 27.5. The Morgan fingerprint density at radius 3 is 2.77 bits per heavy atom. The first-order chi connectivity index (χ1) is 10.6. The number of amides is 1. The molecule has 1 amide bonds. The number of aliphatic hydroxyl groups is 1. The molecule has 22 heavy (non-hydrogen) atoms. The predicted molar refractivity (Wildman–Crippen MR) is 83.2 cm³/mol. The zero-order valence-corrected chi connectivity index (χ0v) is 13.3. The van der Waals surface area contributed by atoms with Crippen molar-refractivity contribution in [3.8, 4) is 0 Å². The molecule has 6 heteroatoms. The van der Waals surface area contributed by atoms with Gasteiger partial charge in [0.25, 0.3) is 0 Å². The summed E-state index contributed by atoms with van der Waals surface area (Å²) in [5, 5.41) is 14.5. The number of rotatable bonds is 5. The van der Waals surface area contributed by atoms with Gasteiger partial charge in [0.2, 0.25) is 5.91 Å². The maximum absolute atomic E-state index is 11.8. The van der Waals surface area contributed by atoms with Gasteiger partial charge in [-0.25, -0.2) is 0 Å². The molecule has 0 radical (unpaired) electrons. The van der Waals surface area contributed by atoms with E-state index in [2.05, 4.69) is 10.00 Å². The molecule has 1 aromatic heterocycles. The fourth-order valence-electron chi connectivity index (χ4n) is 4.05. The Labute approximate surface area is 131 Å². The first-order valence-electron chi connectivity index (χ1n) is 8.32. The van der Waals surface area contributed by atoms with Crippen LogP contribution >= 0.6 is 0 Å². The summed E-state index contributed by atoms with van der Waals surface area (Å²) in [5.41, 5.74) is 0. The van der Waals surface area contributed by atoms with Crippen LogP contribution in [0.3, 0.4) is 0 Å². The highest BCUT2D eigenvalue weighted by Crippen LogP contribution is 2.30. The third kappa shape index (κ3) is 3.33. The summed E-state index contributed by atoms with van der Waals surface area (Å²) in [5.74, 6) is 0.187. The van der Waals surface area contributed by atoms with Crippen LogP contribution in [0.25, 0.3) is 0 Å². The number of aromatic nitrogens is 2. The Balaban J connectivity index is 1.59. The zero-order valence-electron chi connectivity index (χ0n) is 13.3. The molecule has 6 nitrogen and oxygen atoms in total. The van der Waals surface area contributed by atoms with Crippen molar-refractivity contribution in [1.82, 2.24) is 19.6 Å². The van der Waals surface area contributed by atoms with Gasteiger partial charge in [-0.3, -0.25) is 14.4 Å². The van der Waals surface area contributed by atoms with Crippen LogP contribution in [-0.4, -0.2) is 68.4 Å². The summed E-state index contributed by atoms with van der Waals surface area (Å²) in [6.45, 7) is 4.76. The van der Waals surface area contributed by atoms with Gasteiger partial charge >= 0.3 is 0 Å². The fourth-order valence-corrected chi connectivity index (χ4v) is 4.05. The largest absolute Gasteiger partial charge is 0.390 e. The number of likely N-dealkylation sites (tertiary alicyclic amines) is 2. The minimum atomic E-state index is -0.423. The first kappa shape index (κ1) is 15.5. The van der Waals surface area contributed by atoms with Crippen molar-refractivity contribution in [2.24, 2.45) is 0 Å². The second-order valence-electron chi connectivity index (χ2n) is 6.51. The van der Waals surface area contributed by atoms with E-state index in [4.69, 9.17) is 0 Å². The fraction of sp³-hybridized carbons (Fsp3) is 0.750. The lowest BCUT2D eigenvalue weighted by molar-refractivity contribution is -0.130. The van der Waals surface area contributed by atoms with Gasteiger partial charge in [0.05, 0.1) is 12.6 Å². The van der Waals surface area contributed by atoms with Crippen LogP contribution in [0.2, 0.25) is 0 Å². The van der Waals surface area contributed by atoms with Crippen molar-refractivity contribution in [1.29, 1.82) is 0 Å². The van der Waals surface area contributed by atoms with Crippen LogP contribution in [0.5, 0.6) is 0 Å². The van der Waals surface area contributed by atoms with Gasteiger partial charge < -0.3 is 10.0 Å². The molecule has 2 fully saturated rings. The summed E-state index contributed by atoms with van der Waals surface area (Å²) >= 11 is 0. The smallest absolute Gasteiger partial charge is 0.219 e. The molecular formula is C16H26N4O2. The lowest BCUT2D eigenvalue weighted by Gasteiger charge is -2.35. The van der Waals surface area contributed by atoms with Gasteiger partial charge in [-0.1, -0.05) is 0 Å². The van der Waals surface area contributed by atoms with Gasteiger partial charge in [-0.05, 0) is 38.3 Å². The van der Waals surface area contributed by atoms with E-state index in [9.17, 15) is 9.90 Å². The molecule has 3 atom stereocenters. The topological polar surface area (TPSA) is 61.6 Å². The van der Waals surface area contributed by atoms with Crippen LogP contribution in [0, 0.1) is 0 Å².